The van der Waals surface area contributed by atoms with Crippen molar-refractivity contribution in [2.45, 2.75) is 25.5 Å². The highest BCUT2D eigenvalue weighted by Gasteiger charge is 2.43. The number of carbonyl (C=O) groups is 2. The second kappa shape index (κ2) is 7.11. The number of Topliss-reactive ketones (excluding diaryl/α,β-unsaturated/α-hetero) is 1. The molecule has 0 aromatic heterocycles. The van der Waals surface area contributed by atoms with Crippen LogP contribution in [0.5, 0.6) is 0 Å². The molecule has 0 saturated heterocycles. The summed E-state index contributed by atoms with van der Waals surface area (Å²) in [7, 11) is 0. The Kier molecular flexibility index (Phi) is 5.50. The van der Waals surface area contributed by atoms with Gasteiger partial charge in [0, 0.05) is 4.91 Å². The lowest BCUT2D eigenvalue weighted by Crippen LogP contribution is -2.44. The molecule has 6 nitrogen and oxygen atoms in total. The number of esters is 1. The van der Waals surface area contributed by atoms with E-state index in [2.05, 4.69) is 16.6 Å². The summed E-state index contributed by atoms with van der Waals surface area (Å²) >= 11 is 0. The molecule has 1 aromatic carbocycles. The number of benzene rings is 1. The molecule has 0 radical (unpaired) electrons. The highest BCUT2D eigenvalue weighted by Crippen LogP contribution is 2.22. The van der Waals surface area contributed by atoms with E-state index in [-0.39, 0.29) is 13.0 Å². The monoisotopic (exact) mass is 273 g/mol. The molecule has 1 rings (SSSR count). The van der Waals surface area contributed by atoms with E-state index >= 15 is 0 Å². The number of nitrogens with zero attached hydrogens (tertiary/aromatic N) is 3. The molecule has 0 bridgehead atoms. The Morgan fingerprint density at radius 1 is 1.45 bits per heavy atom. The van der Waals surface area contributed by atoms with E-state index in [1.54, 1.807) is 24.3 Å². The Labute approximate surface area is 116 Å². The van der Waals surface area contributed by atoms with Crippen LogP contribution in [0.3, 0.4) is 0 Å². The number of rotatable bonds is 7. The fraction of sp³-hybridized carbons (Fsp3) is 0.286. The third kappa shape index (κ3) is 3.46. The van der Waals surface area contributed by atoms with Crippen molar-refractivity contribution < 1.29 is 14.3 Å². The standard InChI is InChI=1S/C14H15N3O3/c1-3-9-14(11(2)18,16-17-15)13(19)20-10-12-7-5-4-6-8-12/h3-8H,1,9-10H2,2H3. The van der Waals surface area contributed by atoms with Crippen LogP contribution in [0.15, 0.2) is 48.1 Å². The molecule has 0 aliphatic carbocycles. The average molecular weight is 273 g/mol. The van der Waals surface area contributed by atoms with Gasteiger partial charge in [-0.25, -0.2) is 0 Å². The lowest BCUT2D eigenvalue weighted by Gasteiger charge is -2.22. The maximum Gasteiger partial charge on any atom is 0.326 e. The summed E-state index contributed by atoms with van der Waals surface area (Å²) in [6.07, 6.45) is 1.25. The van der Waals surface area contributed by atoms with Crippen LogP contribution in [0, 0.1) is 0 Å². The lowest BCUT2D eigenvalue weighted by atomic mass is 9.92. The Bertz CT molecular complexity index is 546. The maximum atomic E-state index is 12.1. The van der Waals surface area contributed by atoms with Crippen LogP contribution in [0.1, 0.15) is 18.9 Å². The molecule has 0 heterocycles. The van der Waals surface area contributed by atoms with Crippen molar-refractivity contribution in [3.8, 4) is 0 Å². The SMILES string of the molecule is C=CCC(N=[N+]=[N-])(C(C)=O)C(=O)OCc1ccccc1. The third-order valence-electron chi connectivity index (χ3n) is 2.79. The molecular formula is C14H15N3O3. The van der Waals surface area contributed by atoms with Gasteiger partial charge in [0.2, 0.25) is 5.54 Å². The molecule has 6 heteroatoms. The first-order chi connectivity index (χ1) is 9.56. The zero-order valence-corrected chi connectivity index (χ0v) is 11.2. The van der Waals surface area contributed by atoms with Crippen LogP contribution in [0.4, 0.5) is 0 Å². The fourth-order valence-electron chi connectivity index (χ4n) is 1.65. The average Bonchev–Trinajstić information content (AvgIpc) is 2.45. The van der Waals surface area contributed by atoms with Gasteiger partial charge in [-0.3, -0.25) is 9.59 Å². The molecule has 1 unspecified atom stereocenters. The quantitative estimate of drug-likeness (QED) is 0.191. The summed E-state index contributed by atoms with van der Waals surface area (Å²) in [5.74, 6) is -1.44. The first-order valence-corrected chi connectivity index (χ1v) is 5.96. The normalized spacial score (nSPS) is 12.7. The topological polar surface area (TPSA) is 92.1 Å². The zero-order chi connectivity index (χ0) is 15.0. The molecule has 1 aromatic rings. The maximum absolute atomic E-state index is 12.1. The number of azide groups is 1. The smallest absolute Gasteiger partial charge is 0.326 e. The van der Waals surface area contributed by atoms with E-state index in [1.165, 1.54) is 13.0 Å². The predicted molar refractivity (Wildman–Crippen MR) is 73.6 cm³/mol. The van der Waals surface area contributed by atoms with Crippen molar-refractivity contribution in [3.05, 3.63) is 59.0 Å². The van der Waals surface area contributed by atoms with Gasteiger partial charge in [0.25, 0.3) is 0 Å². The van der Waals surface area contributed by atoms with E-state index in [0.29, 0.717) is 0 Å². The van der Waals surface area contributed by atoms with E-state index in [1.807, 2.05) is 6.07 Å². The second-order valence-corrected chi connectivity index (χ2v) is 4.16. The summed E-state index contributed by atoms with van der Waals surface area (Å²) < 4.78 is 5.09. The third-order valence-corrected chi connectivity index (χ3v) is 2.79. The number of ether oxygens (including phenoxy) is 1. The van der Waals surface area contributed by atoms with E-state index < -0.39 is 17.3 Å². The van der Waals surface area contributed by atoms with Gasteiger partial charge in [-0.1, -0.05) is 41.5 Å². The van der Waals surface area contributed by atoms with Crippen molar-refractivity contribution in [3.63, 3.8) is 0 Å². The van der Waals surface area contributed by atoms with Gasteiger partial charge in [0.1, 0.15) is 6.61 Å². The van der Waals surface area contributed by atoms with Crippen LogP contribution in [0.25, 0.3) is 10.4 Å². The summed E-state index contributed by atoms with van der Waals surface area (Å²) in [6, 6.07) is 9.01. The van der Waals surface area contributed by atoms with Gasteiger partial charge in [-0.15, -0.1) is 6.58 Å². The molecule has 0 N–H and O–H groups in total. The lowest BCUT2D eigenvalue weighted by molar-refractivity contribution is -0.154. The van der Waals surface area contributed by atoms with E-state index in [4.69, 9.17) is 10.3 Å². The first kappa shape index (κ1) is 15.5. The Morgan fingerprint density at radius 3 is 2.60 bits per heavy atom. The highest BCUT2D eigenvalue weighted by molar-refractivity contribution is 6.07. The van der Waals surface area contributed by atoms with Crippen molar-refractivity contribution >= 4 is 11.8 Å². The Morgan fingerprint density at radius 2 is 2.10 bits per heavy atom. The molecular weight excluding hydrogens is 258 g/mol. The van der Waals surface area contributed by atoms with Gasteiger partial charge in [0.05, 0.1) is 0 Å². The minimum absolute atomic E-state index is 0.00674. The molecule has 20 heavy (non-hydrogen) atoms. The van der Waals surface area contributed by atoms with E-state index in [0.717, 1.165) is 5.56 Å². The van der Waals surface area contributed by atoms with Crippen molar-refractivity contribution in [1.82, 2.24) is 0 Å². The van der Waals surface area contributed by atoms with Crippen LogP contribution in [0.2, 0.25) is 0 Å². The van der Waals surface area contributed by atoms with Crippen LogP contribution >= 0.6 is 0 Å². The molecule has 0 fully saturated rings. The Hall–Kier alpha value is -2.59. The first-order valence-electron chi connectivity index (χ1n) is 5.96. The molecule has 0 aliphatic rings. The number of ketones is 1. The van der Waals surface area contributed by atoms with Crippen molar-refractivity contribution in [2.24, 2.45) is 5.11 Å². The van der Waals surface area contributed by atoms with Crippen LogP contribution < -0.4 is 0 Å². The second-order valence-electron chi connectivity index (χ2n) is 4.16. The Balaban J connectivity index is 2.91. The number of carbonyl (C=O) groups excluding carboxylic acids is 2. The van der Waals surface area contributed by atoms with Gasteiger partial charge in [0.15, 0.2) is 5.78 Å². The van der Waals surface area contributed by atoms with Crippen LogP contribution in [-0.4, -0.2) is 17.3 Å². The predicted octanol–water partition coefficient (Wildman–Crippen LogP) is 2.94. The number of hydrogen-bond donors (Lipinski definition) is 0. The van der Waals surface area contributed by atoms with Crippen LogP contribution in [-0.2, 0) is 20.9 Å². The minimum Gasteiger partial charge on any atom is -0.460 e. The fourth-order valence-corrected chi connectivity index (χ4v) is 1.65. The minimum atomic E-state index is -1.87. The summed E-state index contributed by atoms with van der Waals surface area (Å²) in [4.78, 5) is 26.4. The zero-order valence-electron chi connectivity index (χ0n) is 11.2. The van der Waals surface area contributed by atoms with Crippen molar-refractivity contribution in [1.29, 1.82) is 0 Å². The van der Waals surface area contributed by atoms with E-state index in [9.17, 15) is 9.59 Å². The van der Waals surface area contributed by atoms with Crippen molar-refractivity contribution in [2.75, 3.05) is 0 Å². The molecule has 0 spiro atoms. The molecule has 0 amide bonds. The summed E-state index contributed by atoms with van der Waals surface area (Å²) in [5.41, 5.74) is 7.48. The van der Waals surface area contributed by atoms with Gasteiger partial charge < -0.3 is 4.74 Å². The molecule has 1 atom stereocenters. The molecule has 0 saturated carbocycles. The largest absolute Gasteiger partial charge is 0.460 e. The highest BCUT2D eigenvalue weighted by atomic mass is 16.5. The molecule has 104 valence electrons. The summed E-state index contributed by atoms with van der Waals surface area (Å²) in [6.45, 7) is 4.66. The van der Waals surface area contributed by atoms with Gasteiger partial charge in [-0.2, -0.15) is 0 Å². The number of hydrogen-bond acceptors (Lipinski definition) is 4. The van der Waals surface area contributed by atoms with Gasteiger partial charge >= 0.3 is 5.97 Å². The summed E-state index contributed by atoms with van der Waals surface area (Å²) in [5, 5.41) is 3.34. The molecule has 0 aliphatic heterocycles. The van der Waals surface area contributed by atoms with Gasteiger partial charge in [-0.05, 0) is 24.4 Å².